The van der Waals surface area contributed by atoms with Crippen molar-refractivity contribution >= 4 is 23.2 Å². The number of rotatable bonds is 2. The molecule has 0 saturated carbocycles. The Morgan fingerprint density at radius 3 is 2.07 bits per heavy atom. The normalized spacial score (nSPS) is 14.0. The van der Waals surface area contributed by atoms with Crippen LogP contribution < -0.4 is 5.73 Å². The van der Waals surface area contributed by atoms with E-state index < -0.39 is 18.6 Å². The Bertz CT molecular complexity index is 336. The highest BCUT2D eigenvalue weighted by Crippen LogP contribution is 2.39. The molecule has 0 amide bonds. The standard InChI is InChI=1S/C7H6Cl2F3N3/c8-5-4(6(9)15-2-14-5)3(1-13)7(10,11)12/h2-3H,1,13H2. The van der Waals surface area contributed by atoms with Crippen LogP contribution in [0.2, 0.25) is 10.3 Å². The zero-order valence-corrected chi connectivity index (χ0v) is 8.74. The summed E-state index contributed by atoms with van der Waals surface area (Å²) in [5.74, 6) is -1.95. The smallest absolute Gasteiger partial charge is 0.330 e. The summed E-state index contributed by atoms with van der Waals surface area (Å²) in [6.45, 7) is -0.656. The number of hydrogen-bond donors (Lipinski definition) is 1. The number of nitrogens with two attached hydrogens (primary N) is 1. The van der Waals surface area contributed by atoms with E-state index in [2.05, 4.69) is 9.97 Å². The number of nitrogens with zero attached hydrogens (tertiary/aromatic N) is 2. The van der Waals surface area contributed by atoms with Crippen LogP contribution in [0.3, 0.4) is 0 Å². The molecule has 0 aliphatic rings. The van der Waals surface area contributed by atoms with Crippen LogP contribution in [-0.4, -0.2) is 22.7 Å². The van der Waals surface area contributed by atoms with Gasteiger partial charge in [0.05, 0.1) is 5.92 Å². The minimum Gasteiger partial charge on any atom is -0.330 e. The molecule has 0 aliphatic carbocycles. The zero-order valence-electron chi connectivity index (χ0n) is 7.22. The topological polar surface area (TPSA) is 51.8 Å². The molecule has 15 heavy (non-hydrogen) atoms. The quantitative estimate of drug-likeness (QED) is 0.830. The van der Waals surface area contributed by atoms with Crippen LogP contribution >= 0.6 is 23.2 Å². The van der Waals surface area contributed by atoms with Crippen molar-refractivity contribution in [2.24, 2.45) is 5.73 Å². The molecule has 1 rings (SSSR count). The third-order valence-corrected chi connectivity index (χ3v) is 2.37. The second-order valence-corrected chi connectivity index (χ2v) is 3.41. The van der Waals surface area contributed by atoms with Gasteiger partial charge in [-0.15, -0.1) is 0 Å². The van der Waals surface area contributed by atoms with Crippen LogP contribution in [0.4, 0.5) is 13.2 Å². The highest BCUT2D eigenvalue weighted by atomic mass is 35.5. The number of hydrogen-bond acceptors (Lipinski definition) is 3. The summed E-state index contributed by atoms with van der Waals surface area (Å²) in [6.07, 6.45) is -3.54. The summed E-state index contributed by atoms with van der Waals surface area (Å²) < 4.78 is 37.5. The highest BCUT2D eigenvalue weighted by Gasteiger charge is 2.42. The number of halogens is 5. The summed E-state index contributed by atoms with van der Waals surface area (Å²) in [4.78, 5) is 6.87. The lowest BCUT2D eigenvalue weighted by Gasteiger charge is -2.19. The number of aromatic nitrogens is 2. The highest BCUT2D eigenvalue weighted by molar-refractivity contribution is 6.34. The van der Waals surface area contributed by atoms with E-state index in [1.165, 1.54) is 0 Å². The molecule has 0 bridgehead atoms. The molecule has 84 valence electrons. The monoisotopic (exact) mass is 259 g/mol. The molecule has 8 heteroatoms. The van der Waals surface area contributed by atoms with E-state index in [0.29, 0.717) is 0 Å². The van der Waals surface area contributed by atoms with Crippen LogP contribution in [0, 0.1) is 0 Å². The third kappa shape index (κ3) is 2.70. The van der Waals surface area contributed by atoms with E-state index >= 15 is 0 Å². The molecular formula is C7H6Cl2F3N3. The molecule has 1 unspecified atom stereocenters. The first-order chi connectivity index (χ1) is 6.88. The first-order valence-corrected chi connectivity index (χ1v) is 4.56. The lowest BCUT2D eigenvalue weighted by molar-refractivity contribution is -0.148. The first kappa shape index (κ1) is 12.5. The molecule has 0 saturated heterocycles. The maximum Gasteiger partial charge on any atom is 0.397 e. The predicted octanol–water partition coefficient (Wildman–Crippen LogP) is 2.39. The Kier molecular flexibility index (Phi) is 3.75. The zero-order chi connectivity index (χ0) is 11.6. The molecule has 3 nitrogen and oxygen atoms in total. The second kappa shape index (κ2) is 4.51. The van der Waals surface area contributed by atoms with Crippen LogP contribution in [0.5, 0.6) is 0 Å². The fourth-order valence-electron chi connectivity index (χ4n) is 1.06. The van der Waals surface area contributed by atoms with Gasteiger partial charge in [0, 0.05) is 12.1 Å². The van der Waals surface area contributed by atoms with Gasteiger partial charge in [0.2, 0.25) is 0 Å². The lowest BCUT2D eigenvalue weighted by atomic mass is 10.0. The Labute approximate surface area is 93.4 Å². The van der Waals surface area contributed by atoms with Crippen molar-refractivity contribution in [2.75, 3.05) is 6.54 Å². The molecule has 0 spiro atoms. The first-order valence-electron chi connectivity index (χ1n) is 3.80. The van der Waals surface area contributed by atoms with Gasteiger partial charge in [-0.3, -0.25) is 0 Å². The fraction of sp³-hybridized carbons (Fsp3) is 0.429. The summed E-state index contributed by atoms with van der Waals surface area (Å²) in [5.41, 5.74) is 4.66. The largest absolute Gasteiger partial charge is 0.397 e. The Morgan fingerprint density at radius 2 is 1.73 bits per heavy atom. The van der Waals surface area contributed by atoms with Crippen molar-refractivity contribution in [1.29, 1.82) is 0 Å². The van der Waals surface area contributed by atoms with Gasteiger partial charge in [-0.2, -0.15) is 13.2 Å². The van der Waals surface area contributed by atoms with Gasteiger partial charge < -0.3 is 5.73 Å². The summed E-state index contributed by atoms with van der Waals surface area (Å²) in [5, 5.41) is -0.662. The van der Waals surface area contributed by atoms with Gasteiger partial charge in [-0.05, 0) is 0 Å². The average Bonchev–Trinajstić information content (AvgIpc) is 2.09. The Balaban J connectivity index is 3.24. The second-order valence-electron chi connectivity index (χ2n) is 2.70. The van der Waals surface area contributed by atoms with Crippen LogP contribution in [0.25, 0.3) is 0 Å². The van der Waals surface area contributed by atoms with Crippen molar-refractivity contribution < 1.29 is 13.2 Å². The summed E-state index contributed by atoms with van der Waals surface area (Å²) in [7, 11) is 0. The van der Waals surface area contributed by atoms with E-state index in [4.69, 9.17) is 28.9 Å². The maximum atomic E-state index is 12.5. The van der Waals surface area contributed by atoms with Crippen LogP contribution in [0.1, 0.15) is 11.5 Å². The molecule has 0 fully saturated rings. The van der Waals surface area contributed by atoms with E-state index in [0.717, 1.165) is 6.33 Å². The van der Waals surface area contributed by atoms with E-state index in [9.17, 15) is 13.2 Å². The molecule has 1 aromatic heterocycles. The lowest BCUT2D eigenvalue weighted by Crippen LogP contribution is -2.29. The molecule has 0 radical (unpaired) electrons. The number of alkyl halides is 3. The molecule has 2 N–H and O–H groups in total. The summed E-state index contributed by atoms with van der Waals surface area (Å²) >= 11 is 11.0. The van der Waals surface area contributed by atoms with E-state index in [-0.39, 0.29) is 15.9 Å². The molecular weight excluding hydrogens is 254 g/mol. The van der Waals surface area contributed by atoms with Crippen LogP contribution in [0.15, 0.2) is 6.33 Å². The van der Waals surface area contributed by atoms with E-state index in [1.807, 2.05) is 0 Å². The average molecular weight is 260 g/mol. The van der Waals surface area contributed by atoms with Gasteiger partial charge >= 0.3 is 6.18 Å². The summed E-state index contributed by atoms with van der Waals surface area (Å²) in [6, 6.07) is 0. The SMILES string of the molecule is NCC(c1c(Cl)ncnc1Cl)C(F)(F)F. The fourth-order valence-corrected chi connectivity index (χ4v) is 1.64. The van der Waals surface area contributed by atoms with Crippen molar-refractivity contribution in [3.63, 3.8) is 0 Å². The molecule has 1 heterocycles. The maximum absolute atomic E-state index is 12.5. The minimum absolute atomic E-state index is 0.331. The molecule has 0 aromatic carbocycles. The van der Waals surface area contributed by atoms with Crippen LogP contribution in [-0.2, 0) is 0 Å². The van der Waals surface area contributed by atoms with Gasteiger partial charge in [0.25, 0.3) is 0 Å². The minimum atomic E-state index is -4.52. The van der Waals surface area contributed by atoms with Crippen molar-refractivity contribution in [1.82, 2.24) is 9.97 Å². The molecule has 1 atom stereocenters. The Hall–Kier alpha value is -0.590. The Morgan fingerprint density at radius 1 is 1.27 bits per heavy atom. The van der Waals surface area contributed by atoms with Gasteiger partial charge in [-0.1, -0.05) is 23.2 Å². The van der Waals surface area contributed by atoms with E-state index in [1.54, 1.807) is 0 Å². The predicted molar refractivity (Wildman–Crippen MR) is 49.9 cm³/mol. The third-order valence-electron chi connectivity index (χ3n) is 1.77. The molecule has 1 aromatic rings. The van der Waals surface area contributed by atoms with Crippen molar-refractivity contribution in [3.05, 3.63) is 22.2 Å². The van der Waals surface area contributed by atoms with Crippen molar-refractivity contribution in [2.45, 2.75) is 12.1 Å². The molecule has 0 aliphatic heterocycles. The van der Waals surface area contributed by atoms with Gasteiger partial charge in [-0.25, -0.2) is 9.97 Å². The van der Waals surface area contributed by atoms with Gasteiger partial charge in [0.1, 0.15) is 16.6 Å². The van der Waals surface area contributed by atoms with Crippen molar-refractivity contribution in [3.8, 4) is 0 Å². The van der Waals surface area contributed by atoms with Gasteiger partial charge in [0.15, 0.2) is 0 Å².